The van der Waals surface area contributed by atoms with Crippen LogP contribution in [0.2, 0.25) is 0 Å². The van der Waals surface area contributed by atoms with E-state index < -0.39 is 11.0 Å². The zero-order chi connectivity index (χ0) is 21.2. The Labute approximate surface area is 172 Å². The smallest absolute Gasteiger partial charge is 0.302 e. The Balaban J connectivity index is 1.78. The average molecular weight is 407 g/mol. The summed E-state index contributed by atoms with van der Waals surface area (Å²) in [5, 5.41) is 11.5. The molecule has 6 nitrogen and oxygen atoms in total. The summed E-state index contributed by atoms with van der Waals surface area (Å²) in [6.45, 7) is 7.02. The second kappa shape index (κ2) is 6.79. The zero-order valence-corrected chi connectivity index (χ0v) is 18.0. The number of hydrogen-bond acceptors (Lipinski definition) is 6. The summed E-state index contributed by atoms with van der Waals surface area (Å²) < 4.78 is 11.6. The third-order valence-corrected chi connectivity index (χ3v) is 9.02. The molecule has 1 N–H and O–H groups in total. The first-order valence-electron chi connectivity index (χ1n) is 11.1. The van der Waals surface area contributed by atoms with E-state index in [2.05, 4.69) is 6.92 Å². The van der Waals surface area contributed by atoms with Crippen molar-refractivity contribution in [1.82, 2.24) is 0 Å². The maximum absolute atomic E-state index is 13.2. The summed E-state index contributed by atoms with van der Waals surface area (Å²) in [7, 11) is 0. The minimum absolute atomic E-state index is 0.0366. The first kappa shape index (κ1) is 20.8. The molecule has 0 amide bonds. The van der Waals surface area contributed by atoms with Crippen molar-refractivity contribution in [2.24, 2.45) is 28.6 Å². The van der Waals surface area contributed by atoms with Gasteiger partial charge < -0.3 is 14.6 Å². The van der Waals surface area contributed by atoms with Gasteiger partial charge in [-0.05, 0) is 43.9 Å². The molecule has 4 fully saturated rings. The van der Waals surface area contributed by atoms with Gasteiger partial charge in [-0.1, -0.05) is 26.7 Å². The van der Waals surface area contributed by atoms with Gasteiger partial charge in [0.15, 0.2) is 5.78 Å². The molecule has 6 heteroatoms. The Bertz CT molecular complexity index is 733. The molecular weight excluding hydrogens is 372 g/mol. The molecule has 0 bridgehead atoms. The minimum atomic E-state index is -1.33. The van der Waals surface area contributed by atoms with Gasteiger partial charge in [0.2, 0.25) is 0 Å². The summed E-state index contributed by atoms with van der Waals surface area (Å²) in [4.78, 5) is 37.0. The molecule has 0 heterocycles. The molecule has 0 aromatic heterocycles. The van der Waals surface area contributed by atoms with E-state index in [1.807, 2.05) is 6.92 Å². The molecule has 162 valence electrons. The van der Waals surface area contributed by atoms with Crippen molar-refractivity contribution >= 4 is 17.7 Å². The first-order chi connectivity index (χ1) is 13.5. The number of carbonyl (C=O) groups is 3. The topological polar surface area (TPSA) is 89.9 Å². The Hall–Kier alpha value is -1.43. The van der Waals surface area contributed by atoms with E-state index in [0.29, 0.717) is 19.3 Å². The largest absolute Gasteiger partial charge is 0.462 e. The van der Waals surface area contributed by atoms with E-state index in [0.717, 1.165) is 32.1 Å². The highest BCUT2D eigenvalue weighted by atomic mass is 16.6. The van der Waals surface area contributed by atoms with Crippen molar-refractivity contribution in [2.75, 3.05) is 0 Å². The Morgan fingerprint density at radius 2 is 1.69 bits per heavy atom. The standard InChI is InChI=1S/C23H34O6/c1-13(24)28-17-12-21(3)16(7-8-19(21)29-14(2)25)15-11-18(26)23(27)10-6-5-9-22(23,4)20(15)17/h15-17,19-20,27H,5-12H2,1-4H3/t15?,16?,17-,19?,20?,21?,22?,23+/m1/s1. The molecule has 0 aliphatic heterocycles. The highest BCUT2D eigenvalue weighted by Gasteiger charge is 2.70. The molecule has 0 radical (unpaired) electrons. The number of carbonyl (C=O) groups excluding carboxylic acids is 3. The Kier molecular flexibility index (Phi) is 4.88. The van der Waals surface area contributed by atoms with Crippen LogP contribution in [0.3, 0.4) is 0 Å². The summed E-state index contributed by atoms with van der Waals surface area (Å²) in [6.07, 6.45) is 5.08. The Morgan fingerprint density at radius 3 is 2.34 bits per heavy atom. The van der Waals surface area contributed by atoms with Gasteiger partial charge >= 0.3 is 11.9 Å². The molecule has 0 aromatic rings. The molecule has 4 saturated carbocycles. The second-order valence-corrected chi connectivity index (χ2v) is 10.4. The molecule has 0 aromatic carbocycles. The van der Waals surface area contributed by atoms with Crippen LogP contribution in [0.25, 0.3) is 0 Å². The lowest BCUT2D eigenvalue weighted by atomic mass is 9.42. The van der Waals surface area contributed by atoms with Crippen molar-refractivity contribution < 1.29 is 29.0 Å². The number of hydrogen-bond donors (Lipinski definition) is 1. The number of esters is 2. The molecule has 4 rings (SSSR count). The van der Waals surface area contributed by atoms with E-state index in [9.17, 15) is 19.5 Å². The summed E-state index contributed by atoms with van der Waals surface area (Å²) >= 11 is 0. The van der Waals surface area contributed by atoms with Crippen molar-refractivity contribution in [3.8, 4) is 0 Å². The van der Waals surface area contributed by atoms with E-state index in [1.165, 1.54) is 13.8 Å². The molecule has 0 saturated heterocycles. The van der Waals surface area contributed by atoms with Crippen LogP contribution in [0.15, 0.2) is 0 Å². The summed E-state index contributed by atoms with van der Waals surface area (Å²) in [5.41, 5.74) is -2.24. The van der Waals surface area contributed by atoms with Crippen molar-refractivity contribution in [3.63, 3.8) is 0 Å². The van der Waals surface area contributed by atoms with Gasteiger partial charge in [-0.3, -0.25) is 14.4 Å². The monoisotopic (exact) mass is 406 g/mol. The quantitative estimate of drug-likeness (QED) is 0.709. The number of aliphatic hydroxyl groups is 1. The molecule has 0 spiro atoms. The predicted octanol–water partition coefficient (Wildman–Crippen LogP) is 3.19. The van der Waals surface area contributed by atoms with Crippen LogP contribution in [0.5, 0.6) is 0 Å². The highest BCUT2D eigenvalue weighted by molar-refractivity contribution is 5.89. The lowest BCUT2D eigenvalue weighted by Gasteiger charge is -2.63. The maximum atomic E-state index is 13.2. The van der Waals surface area contributed by atoms with Crippen LogP contribution < -0.4 is 0 Å². The maximum Gasteiger partial charge on any atom is 0.302 e. The molecular formula is C23H34O6. The van der Waals surface area contributed by atoms with Crippen LogP contribution in [0.1, 0.15) is 79.1 Å². The fraction of sp³-hybridized carbons (Fsp3) is 0.870. The fourth-order valence-electron chi connectivity index (χ4n) is 7.82. The normalized spacial score (nSPS) is 48.9. The van der Waals surface area contributed by atoms with Crippen molar-refractivity contribution in [3.05, 3.63) is 0 Å². The molecule has 4 aliphatic carbocycles. The highest BCUT2D eigenvalue weighted by Crippen LogP contribution is 2.67. The van der Waals surface area contributed by atoms with Crippen LogP contribution in [0.4, 0.5) is 0 Å². The third-order valence-electron chi connectivity index (χ3n) is 9.02. The average Bonchev–Trinajstić information content (AvgIpc) is 2.92. The van der Waals surface area contributed by atoms with E-state index in [1.54, 1.807) is 0 Å². The third kappa shape index (κ3) is 2.88. The van der Waals surface area contributed by atoms with E-state index in [4.69, 9.17) is 9.47 Å². The van der Waals surface area contributed by atoms with Gasteiger partial charge in [0.25, 0.3) is 0 Å². The molecule has 6 unspecified atom stereocenters. The summed E-state index contributed by atoms with van der Waals surface area (Å²) in [5.74, 6) is -0.481. The first-order valence-corrected chi connectivity index (χ1v) is 11.1. The lowest BCUT2D eigenvalue weighted by Crippen LogP contribution is -2.69. The van der Waals surface area contributed by atoms with Gasteiger partial charge in [0.1, 0.15) is 17.8 Å². The zero-order valence-electron chi connectivity index (χ0n) is 18.0. The lowest BCUT2D eigenvalue weighted by molar-refractivity contribution is -0.233. The number of Topliss-reactive ketones (excluding diaryl/α,β-unsaturated/α-hetero) is 1. The van der Waals surface area contributed by atoms with Crippen LogP contribution in [-0.4, -0.2) is 40.6 Å². The van der Waals surface area contributed by atoms with Crippen LogP contribution in [-0.2, 0) is 23.9 Å². The van der Waals surface area contributed by atoms with Gasteiger partial charge in [0, 0.05) is 37.0 Å². The van der Waals surface area contributed by atoms with Gasteiger partial charge in [-0.25, -0.2) is 0 Å². The van der Waals surface area contributed by atoms with Crippen molar-refractivity contribution in [1.29, 1.82) is 0 Å². The fourth-order valence-corrected chi connectivity index (χ4v) is 7.82. The second-order valence-electron chi connectivity index (χ2n) is 10.4. The number of rotatable bonds is 2. The molecule has 8 atom stereocenters. The number of fused-ring (bicyclic) bond motifs is 5. The van der Waals surface area contributed by atoms with Gasteiger partial charge in [-0.2, -0.15) is 0 Å². The van der Waals surface area contributed by atoms with Crippen LogP contribution in [0, 0.1) is 28.6 Å². The number of ketones is 1. The van der Waals surface area contributed by atoms with E-state index in [-0.39, 0.29) is 53.1 Å². The molecule has 29 heavy (non-hydrogen) atoms. The summed E-state index contributed by atoms with van der Waals surface area (Å²) in [6, 6.07) is 0. The number of ether oxygens (including phenoxy) is 2. The minimum Gasteiger partial charge on any atom is -0.462 e. The van der Waals surface area contributed by atoms with E-state index >= 15 is 0 Å². The predicted molar refractivity (Wildman–Crippen MR) is 105 cm³/mol. The van der Waals surface area contributed by atoms with Gasteiger partial charge in [0.05, 0.1) is 0 Å². The Morgan fingerprint density at radius 1 is 1.03 bits per heavy atom. The SMILES string of the molecule is CC(=O)OC1CCC2C3CC(=O)[C@@]4(O)CCCCC4(C)C3[C@H](OC(C)=O)CC12C. The molecule has 4 aliphatic rings. The van der Waals surface area contributed by atoms with Crippen molar-refractivity contribution in [2.45, 2.75) is 96.9 Å². The van der Waals surface area contributed by atoms with Crippen LogP contribution >= 0.6 is 0 Å². The van der Waals surface area contributed by atoms with Gasteiger partial charge in [-0.15, -0.1) is 0 Å².